The minimum atomic E-state index is -4.47. The number of rotatable bonds is 11. The van der Waals surface area contributed by atoms with E-state index in [9.17, 15) is 36.1 Å². The molecule has 224 valence electrons. The van der Waals surface area contributed by atoms with Crippen LogP contribution in [0.4, 0.5) is 22.0 Å². The van der Waals surface area contributed by atoms with Gasteiger partial charge in [0, 0.05) is 24.7 Å². The van der Waals surface area contributed by atoms with E-state index in [-0.39, 0.29) is 59.5 Å². The quantitative estimate of drug-likeness (QED) is 0.214. The van der Waals surface area contributed by atoms with Crippen LogP contribution >= 0.6 is 11.6 Å². The fraction of sp³-hybridized carbons (Fsp3) is 0.583. The van der Waals surface area contributed by atoms with Crippen molar-refractivity contribution in [3.05, 3.63) is 34.5 Å². The summed E-state index contributed by atoms with van der Waals surface area (Å²) in [5.41, 5.74) is -1.33. The van der Waals surface area contributed by atoms with Gasteiger partial charge in [0.2, 0.25) is 11.3 Å². The van der Waals surface area contributed by atoms with Crippen LogP contribution < -0.4 is 14.8 Å². The molecule has 1 heterocycles. The van der Waals surface area contributed by atoms with Crippen molar-refractivity contribution in [2.24, 2.45) is 5.92 Å². The molecule has 1 saturated carbocycles. The first kappa shape index (κ1) is 32.2. The summed E-state index contributed by atoms with van der Waals surface area (Å²) in [6, 6.07) is 3.46. The Kier molecular flexibility index (Phi) is 10.5. The Hall–Kier alpha value is -2.33. The van der Waals surface area contributed by atoms with Crippen molar-refractivity contribution in [2.45, 2.75) is 76.9 Å². The number of hydrogen-bond acceptors (Lipinski definition) is 5. The Morgan fingerprint density at radius 3 is 2.52 bits per heavy atom. The summed E-state index contributed by atoms with van der Waals surface area (Å²) in [5.74, 6) is -2.89. The zero-order chi connectivity index (χ0) is 29.8. The first-order valence-corrected chi connectivity index (χ1v) is 13.9. The van der Waals surface area contributed by atoms with Crippen LogP contribution in [-0.2, 0) is 24.2 Å². The third kappa shape index (κ3) is 8.12. The molecule has 1 aliphatic rings. The monoisotopic (exact) mass is 616 g/mol. The second-order valence-corrected chi connectivity index (χ2v) is 10.8. The highest BCUT2D eigenvalue weighted by Crippen LogP contribution is 2.39. The van der Waals surface area contributed by atoms with Crippen LogP contribution in [0.25, 0.3) is 11.3 Å². The van der Waals surface area contributed by atoms with E-state index >= 15 is 0 Å². The van der Waals surface area contributed by atoms with E-state index in [0.29, 0.717) is 12.8 Å². The van der Waals surface area contributed by atoms with Crippen molar-refractivity contribution in [1.29, 1.82) is 0 Å². The van der Waals surface area contributed by atoms with Gasteiger partial charge in [-0.1, -0.05) is 24.6 Å². The van der Waals surface area contributed by atoms with Gasteiger partial charge in [-0.3, -0.25) is 14.0 Å². The Bertz CT molecular complexity index is 1220. The molecule has 2 atom stereocenters. The summed E-state index contributed by atoms with van der Waals surface area (Å²) in [6.07, 6.45) is -3.64. The number of benzene rings is 1. The zero-order valence-electron chi connectivity index (χ0n) is 21.6. The molecule has 40 heavy (non-hydrogen) atoms. The molecular formula is C24H30ClF5N4O5S. The summed E-state index contributed by atoms with van der Waals surface area (Å²) >= 11 is 4.32. The summed E-state index contributed by atoms with van der Waals surface area (Å²) in [4.78, 5) is 13.0. The maximum absolute atomic E-state index is 13.2. The molecule has 4 N–H and O–H groups in total. The third-order valence-electron chi connectivity index (χ3n) is 6.79. The lowest BCUT2D eigenvalue weighted by atomic mass is 9.82. The first-order chi connectivity index (χ1) is 18.6. The number of ether oxygens (including phenoxy) is 1. The van der Waals surface area contributed by atoms with Gasteiger partial charge in [-0.15, -0.1) is 0 Å². The summed E-state index contributed by atoms with van der Waals surface area (Å²) < 4.78 is 93.8. The van der Waals surface area contributed by atoms with Crippen molar-refractivity contribution in [1.82, 2.24) is 19.8 Å². The standard InChI is InChI=1S/C24H30ClF5N4O5S/c1-3-34-20(16-5-4-14(10-13(2)24(28,29)30)11-17(16)39-22(26)27)18(25)19(32-34)21(35)31-12-23(36)8-6-15(7-9-23)33-40(37)38/h4-5,11,13,15,22,33,36H,3,6-10,12H2,1-2H3,(H,31,35)(H,37,38)/t13-,15?,23?/m0/s1. The molecule has 1 aromatic carbocycles. The molecule has 1 unspecified atom stereocenters. The Morgan fingerprint density at radius 2 is 1.98 bits per heavy atom. The highest BCUT2D eigenvalue weighted by molar-refractivity contribution is 7.77. The molecule has 9 nitrogen and oxygen atoms in total. The topological polar surface area (TPSA) is 126 Å². The van der Waals surface area contributed by atoms with Crippen LogP contribution in [-0.4, -0.2) is 60.5 Å². The number of hydrogen-bond donors (Lipinski definition) is 4. The van der Waals surface area contributed by atoms with Crippen molar-refractivity contribution < 1.29 is 45.4 Å². The van der Waals surface area contributed by atoms with E-state index in [2.05, 4.69) is 19.9 Å². The second kappa shape index (κ2) is 13.1. The first-order valence-electron chi connectivity index (χ1n) is 12.4. The average Bonchev–Trinajstić information content (AvgIpc) is 3.19. The number of carbonyl (C=O) groups is 1. The SMILES string of the molecule is CCn1nc(C(=O)NCC2(O)CCC(NS(=O)O)CC2)c(Cl)c1-c1ccc(C[C@H](C)C(F)(F)F)cc1OC(F)F. The van der Waals surface area contributed by atoms with Gasteiger partial charge in [0.15, 0.2) is 5.69 Å². The molecule has 3 rings (SSSR count). The van der Waals surface area contributed by atoms with Crippen LogP contribution in [0, 0.1) is 5.92 Å². The number of amides is 1. The highest BCUT2D eigenvalue weighted by Gasteiger charge is 2.37. The molecule has 1 amide bonds. The van der Waals surface area contributed by atoms with Gasteiger partial charge in [-0.25, -0.2) is 8.93 Å². The van der Waals surface area contributed by atoms with Gasteiger partial charge < -0.3 is 15.2 Å². The molecule has 0 saturated heterocycles. The van der Waals surface area contributed by atoms with Gasteiger partial charge in [-0.05, 0) is 56.7 Å². The largest absolute Gasteiger partial charge is 0.434 e. The number of aromatic nitrogens is 2. The minimum absolute atomic E-state index is 0.00725. The van der Waals surface area contributed by atoms with E-state index < -0.39 is 53.7 Å². The zero-order valence-corrected chi connectivity index (χ0v) is 23.2. The van der Waals surface area contributed by atoms with Gasteiger partial charge in [0.25, 0.3) is 5.91 Å². The van der Waals surface area contributed by atoms with Crippen molar-refractivity contribution in [3.8, 4) is 17.0 Å². The molecule has 16 heteroatoms. The van der Waals surface area contributed by atoms with Crippen molar-refractivity contribution in [2.75, 3.05) is 6.54 Å². The molecule has 2 aromatic rings. The summed E-state index contributed by atoms with van der Waals surface area (Å²) in [5, 5.41) is 17.4. The van der Waals surface area contributed by atoms with Gasteiger partial charge in [0.05, 0.1) is 22.2 Å². The second-order valence-electron chi connectivity index (χ2n) is 9.73. The van der Waals surface area contributed by atoms with Crippen LogP contribution in [0.2, 0.25) is 5.02 Å². The van der Waals surface area contributed by atoms with E-state index in [4.69, 9.17) is 16.2 Å². The molecule has 1 aliphatic carbocycles. The smallest absolute Gasteiger partial charge is 0.391 e. The van der Waals surface area contributed by atoms with Crippen LogP contribution in [0.15, 0.2) is 18.2 Å². The summed E-state index contributed by atoms with van der Waals surface area (Å²) in [6.45, 7) is -0.635. The number of nitrogens with zero attached hydrogens (tertiary/aromatic N) is 2. The van der Waals surface area contributed by atoms with Crippen LogP contribution in [0.3, 0.4) is 0 Å². The van der Waals surface area contributed by atoms with E-state index in [1.165, 1.54) is 16.8 Å². The molecular weight excluding hydrogens is 587 g/mol. The lowest BCUT2D eigenvalue weighted by Crippen LogP contribution is -2.48. The van der Waals surface area contributed by atoms with E-state index in [0.717, 1.165) is 13.0 Å². The Morgan fingerprint density at radius 1 is 1.32 bits per heavy atom. The molecule has 0 aliphatic heterocycles. The van der Waals surface area contributed by atoms with Gasteiger partial charge in [-0.2, -0.15) is 27.1 Å². The maximum atomic E-state index is 13.2. The maximum Gasteiger partial charge on any atom is 0.391 e. The molecule has 0 radical (unpaired) electrons. The number of aliphatic hydroxyl groups is 1. The van der Waals surface area contributed by atoms with Crippen molar-refractivity contribution in [3.63, 3.8) is 0 Å². The summed E-state index contributed by atoms with van der Waals surface area (Å²) in [7, 11) is 0. The predicted octanol–water partition coefficient (Wildman–Crippen LogP) is 4.70. The molecule has 1 fully saturated rings. The molecule has 1 aromatic heterocycles. The van der Waals surface area contributed by atoms with E-state index in [1.54, 1.807) is 6.92 Å². The molecule has 0 spiro atoms. The number of aryl methyl sites for hydroxylation is 1. The molecule has 0 bridgehead atoms. The average molecular weight is 617 g/mol. The van der Waals surface area contributed by atoms with Crippen LogP contribution in [0.1, 0.15) is 55.6 Å². The Balaban J connectivity index is 1.84. The lowest BCUT2D eigenvalue weighted by molar-refractivity contribution is -0.169. The highest BCUT2D eigenvalue weighted by atomic mass is 35.5. The normalized spacial score (nSPS) is 21.3. The Labute approximate surface area is 234 Å². The third-order valence-corrected chi connectivity index (χ3v) is 7.68. The predicted molar refractivity (Wildman–Crippen MR) is 137 cm³/mol. The number of halogens is 6. The number of carbonyl (C=O) groups excluding carboxylic acids is 1. The van der Waals surface area contributed by atoms with Gasteiger partial charge in [0.1, 0.15) is 5.75 Å². The van der Waals surface area contributed by atoms with Crippen LogP contribution in [0.5, 0.6) is 5.75 Å². The minimum Gasteiger partial charge on any atom is -0.434 e. The van der Waals surface area contributed by atoms with Gasteiger partial charge >= 0.3 is 12.8 Å². The number of alkyl halides is 5. The lowest BCUT2D eigenvalue weighted by Gasteiger charge is -2.35. The fourth-order valence-corrected chi connectivity index (χ4v) is 5.39. The number of nitrogens with one attached hydrogen (secondary N) is 2. The van der Waals surface area contributed by atoms with Crippen molar-refractivity contribution >= 4 is 28.8 Å². The fourth-order valence-electron chi connectivity index (χ4n) is 4.54. The van der Waals surface area contributed by atoms with E-state index in [1.807, 2.05) is 0 Å².